The van der Waals surface area contributed by atoms with Gasteiger partial charge in [0, 0.05) is 46.3 Å². The first kappa shape index (κ1) is 12.1. The van der Waals surface area contributed by atoms with Crippen LogP contribution in [-0.2, 0) is 13.6 Å². The summed E-state index contributed by atoms with van der Waals surface area (Å²) in [4.78, 5) is 9.73. The molecule has 1 atom stereocenters. The molecule has 0 aliphatic carbocycles. The lowest BCUT2D eigenvalue weighted by molar-refractivity contribution is 0.0930. The lowest BCUT2D eigenvalue weighted by Crippen LogP contribution is -2.50. The molecule has 1 saturated heterocycles. The molecule has 3 rings (SSSR count). The van der Waals surface area contributed by atoms with Gasteiger partial charge in [0.1, 0.15) is 0 Å². The number of nitrogens with zero attached hydrogens (tertiary/aromatic N) is 4. The van der Waals surface area contributed by atoms with E-state index >= 15 is 0 Å². The van der Waals surface area contributed by atoms with Crippen LogP contribution in [0, 0.1) is 0 Å². The predicted molar refractivity (Wildman–Crippen MR) is 71.3 cm³/mol. The molecular weight excluding hydrogens is 226 g/mol. The van der Waals surface area contributed by atoms with Crippen molar-refractivity contribution in [3.63, 3.8) is 0 Å². The molecule has 2 aliphatic heterocycles. The zero-order chi connectivity index (χ0) is 12.5. The van der Waals surface area contributed by atoms with Crippen molar-refractivity contribution in [2.75, 3.05) is 39.3 Å². The Labute approximate surface area is 109 Å². The Balaban J connectivity index is 1.74. The quantitative estimate of drug-likeness (QED) is 0.812. The molecule has 0 radical (unpaired) electrons. The molecular formula is C13H23N5. The number of aryl methyl sites for hydroxylation is 1. The molecule has 5 heteroatoms. The molecule has 3 heterocycles. The third-order valence-electron chi connectivity index (χ3n) is 4.33. The highest BCUT2D eigenvalue weighted by Crippen LogP contribution is 2.26. The van der Waals surface area contributed by atoms with Crippen molar-refractivity contribution in [2.45, 2.75) is 19.5 Å². The van der Waals surface area contributed by atoms with Gasteiger partial charge in [-0.25, -0.2) is 4.98 Å². The Morgan fingerprint density at radius 3 is 2.83 bits per heavy atom. The second kappa shape index (κ2) is 4.99. The van der Waals surface area contributed by atoms with E-state index in [1.54, 1.807) is 0 Å². The van der Waals surface area contributed by atoms with Gasteiger partial charge in [0.2, 0.25) is 0 Å². The molecule has 100 valence electrons. The van der Waals surface area contributed by atoms with E-state index in [0.717, 1.165) is 26.2 Å². The van der Waals surface area contributed by atoms with Crippen LogP contribution in [0.2, 0.25) is 0 Å². The summed E-state index contributed by atoms with van der Waals surface area (Å²) in [6.45, 7) is 10.1. The third kappa shape index (κ3) is 2.06. The lowest BCUT2D eigenvalue weighted by Gasteiger charge is -2.40. The van der Waals surface area contributed by atoms with Gasteiger partial charge in [0.05, 0.1) is 23.8 Å². The minimum absolute atomic E-state index is 0.467. The summed E-state index contributed by atoms with van der Waals surface area (Å²) in [6.07, 6.45) is 1.95. The topological polar surface area (TPSA) is 36.3 Å². The van der Waals surface area contributed by atoms with E-state index in [1.807, 2.05) is 6.33 Å². The number of hydrogen-bond donors (Lipinski definition) is 1. The molecule has 1 aromatic rings. The highest BCUT2D eigenvalue weighted by molar-refractivity contribution is 5.20. The van der Waals surface area contributed by atoms with Gasteiger partial charge in [-0.2, -0.15) is 0 Å². The molecule has 0 saturated carbocycles. The standard InChI is InChI=1S/C13H23N5/c1-3-17-4-6-18(7-5-17)12-9-14-8-11-13(12)15-10-16(11)2/h10,12,14H,3-9H2,1-2H3. The van der Waals surface area contributed by atoms with Crippen LogP contribution in [-0.4, -0.2) is 58.6 Å². The van der Waals surface area contributed by atoms with E-state index in [4.69, 9.17) is 0 Å². The molecule has 0 aromatic carbocycles. The number of fused-ring (bicyclic) bond motifs is 1. The van der Waals surface area contributed by atoms with Crippen molar-refractivity contribution in [1.29, 1.82) is 0 Å². The SMILES string of the molecule is CCN1CCN(C2CNCc3c2ncn3C)CC1. The van der Waals surface area contributed by atoms with Crippen LogP contribution in [0.15, 0.2) is 6.33 Å². The minimum atomic E-state index is 0.467. The molecule has 1 fully saturated rings. The molecule has 5 nitrogen and oxygen atoms in total. The van der Waals surface area contributed by atoms with E-state index in [0.29, 0.717) is 6.04 Å². The van der Waals surface area contributed by atoms with Crippen LogP contribution >= 0.6 is 0 Å². The number of rotatable bonds is 2. The fourth-order valence-electron chi connectivity index (χ4n) is 3.08. The molecule has 0 bridgehead atoms. The number of aromatic nitrogens is 2. The van der Waals surface area contributed by atoms with Gasteiger partial charge in [-0.3, -0.25) is 4.90 Å². The summed E-state index contributed by atoms with van der Waals surface area (Å²) < 4.78 is 2.15. The summed E-state index contributed by atoms with van der Waals surface area (Å²) in [5.74, 6) is 0. The zero-order valence-corrected chi connectivity index (χ0v) is 11.4. The van der Waals surface area contributed by atoms with E-state index in [2.05, 4.69) is 38.6 Å². The zero-order valence-electron chi connectivity index (χ0n) is 11.4. The number of imidazole rings is 1. The number of piperazine rings is 1. The van der Waals surface area contributed by atoms with Gasteiger partial charge < -0.3 is 14.8 Å². The Kier molecular flexibility index (Phi) is 3.37. The normalized spacial score (nSPS) is 26.2. The van der Waals surface area contributed by atoms with Crippen molar-refractivity contribution >= 4 is 0 Å². The first-order valence-corrected chi connectivity index (χ1v) is 6.96. The molecule has 0 spiro atoms. The minimum Gasteiger partial charge on any atom is -0.336 e. The number of hydrogen-bond acceptors (Lipinski definition) is 4. The lowest BCUT2D eigenvalue weighted by atomic mass is 10.1. The smallest absolute Gasteiger partial charge is 0.0950 e. The second-order valence-corrected chi connectivity index (χ2v) is 5.30. The van der Waals surface area contributed by atoms with Crippen LogP contribution in [0.5, 0.6) is 0 Å². The third-order valence-corrected chi connectivity index (χ3v) is 4.33. The van der Waals surface area contributed by atoms with Crippen LogP contribution in [0.3, 0.4) is 0 Å². The van der Waals surface area contributed by atoms with Crippen molar-refractivity contribution < 1.29 is 0 Å². The Bertz CT molecular complexity index is 406. The maximum Gasteiger partial charge on any atom is 0.0950 e. The molecule has 2 aliphatic rings. The Hall–Kier alpha value is -0.910. The average molecular weight is 249 g/mol. The van der Waals surface area contributed by atoms with E-state index in [-0.39, 0.29) is 0 Å². The fourth-order valence-corrected chi connectivity index (χ4v) is 3.08. The van der Waals surface area contributed by atoms with E-state index < -0.39 is 0 Å². The van der Waals surface area contributed by atoms with Crippen LogP contribution in [0.1, 0.15) is 24.4 Å². The van der Waals surface area contributed by atoms with Crippen molar-refractivity contribution in [1.82, 2.24) is 24.7 Å². The molecule has 1 aromatic heterocycles. The van der Waals surface area contributed by atoms with Crippen molar-refractivity contribution in [3.8, 4) is 0 Å². The van der Waals surface area contributed by atoms with Crippen LogP contribution in [0.25, 0.3) is 0 Å². The maximum atomic E-state index is 4.62. The van der Waals surface area contributed by atoms with Crippen LogP contribution < -0.4 is 5.32 Å². The maximum absolute atomic E-state index is 4.62. The van der Waals surface area contributed by atoms with E-state index in [1.165, 1.54) is 31.0 Å². The van der Waals surface area contributed by atoms with Gasteiger partial charge in [0.15, 0.2) is 0 Å². The number of likely N-dealkylation sites (N-methyl/N-ethyl adjacent to an activating group) is 1. The first-order chi connectivity index (χ1) is 8.79. The number of nitrogens with one attached hydrogen (secondary N) is 1. The molecule has 0 amide bonds. The fraction of sp³-hybridized carbons (Fsp3) is 0.769. The van der Waals surface area contributed by atoms with Gasteiger partial charge in [0.25, 0.3) is 0 Å². The second-order valence-electron chi connectivity index (χ2n) is 5.30. The largest absolute Gasteiger partial charge is 0.336 e. The highest BCUT2D eigenvalue weighted by atomic mass is 15.3. The van der Waals surface area contributed by atoms with Crippen LogP contribution in [0.4, 0.5) is 0 Å². The van der Waals surface area contributed by atoms with Gasteiger partial charge in [-0.05, 0) is 6.54 Å². The predicted octanol–water partition coefficient (Wildman–Crippen LogP) is 0.202. The summed E-state index contributed by atoms with van der Waals surface area (Å²) in [6, 6.07) is 0.467. The summed E-state index contributed by atoms with van der Waals surface area (Å²) >= 11 is 0. The molecule has 18 heavy (non-hydrogen) atoms. The van der Waals surface area contributed by atoms with Gasteiger partial charge in [-0.1, -0.05) is 6.92 Å². The molecule has 1 unspecified atom stereocenters. The first-order valence-electron chi connectivity index (χ1n) is 6.96. The average Bonchev–Trinajstić information content (AvgIpc) is 2.81. The van der Waals surface area contributed by atoms with Gasteiger partial charge in [-0.15, -0.1) is 0 Å². The van der Waals surface area contributed by atoms with Crippen molar-refractivity contribution in [3.05, 3.63) is 17.7 Å². The Morgan fingerprint density at radius 1 is 1.33 bits per heavy atom. The monoisotopic (exact) mass is 249 g/mol. The highest BCUT2D eigenvalue weighted by Gasteiger charge is 2.30. The summed E-state index contributed by atoms with van der Waals surface area (Å²) in [7, 11) is 2.09. The van der Waals surface area contributed by atoms with E-state index in [9.17, 15) is 0 Å². The van der Waals surface area contributed by atoms with Gasteiger partial charge >= 0.3 is 0 Å². The summed E-state index contributed by atoms with van der Waals surface area (Å²) in [5.41, 5.74) is 2.64. The van der Waals surface area contributed by atoms with Crippen molar-refractivity contribution in [2.24, 2.45) is 7.05 Å². The summed E-state index contributed by atoms with van der Waals surface area (Å²) in [5, 5.41) is 3.52. The Morgan fingerprint density at radius 2 is 2.11 bits per heavy atom. The molecule has 1 N–H and O–H groups in total.